The number of benzene rings is 1. The Hall–Kier alpha value is -2.35. The molecule has 1 aromatic carbocycles. The number of nitrogens with zero attached hydrogens (tertiary/aromatic N) is 3. The molecule has 0 aliphatic carbocycles. The first-order chi connectivity index (χ1) is 13.1. The number of rotatable bonds is 2. The first kappa shape index (κ1) is 18.0. The zero-order valence-corrected chi connectivity index (χ0v) is 15.5. The number of imidazole rings is 1. The van der Waals surface area contributed by atoms with E-state index in [-0.39, 0.29) is 23.6 Å². The van der Waals surface area contributed by atoms with Gasteiger partial charge in [0.25, 0.3) is 0 Å². The van der Waals surface area contributed by atoms with Gasteiger partial charge in [0.1, 0.15) is 5.82 Å². The predicted octanol–water partition coefficient (Wildman–Crippen LogP) is 2.34. The molecule has 1 N–H and O–H groups in total. The lowest BCUT2D eigenvalue weighted by atomic mass is 9.97. The molecule has 0 unspecified atom stereocenters. The third-order valence-corrected chi connectivity index (χ3v) is 5.96. The molecule has 0 saturated carbocycles. The summed E-state index contributed by atoms with van der Waals surface area (Å²) in [5.41, 5.74) is 1.16. The first-order valence-electron chi connectivity index (χ1n) is 9.53. The Morgan fingerprint density at radius 1 is 1.11 bits per heavy atom. The summed E-state index contributed by atoms with van der Waals surface area (Å²) in [5, 5.41) is 0. The number of fused-ring (bicyclic) bond motifs is 1. The van der Waals surface area contributed by atoms with Crippen molar-refractivity contribution in [3.8, 4) is 0 Å². The van der Waals surface area contributed by atoms with Crippen molar-refractivity contribution in [2.24, 2.45) is 0 Å². The van der Waals surface area contributed by atoms with Crippen LogP contribution in [0.25, 0.3) is 11.0 Å². The molecule has 27 heavy (non-hydrogen) atoms. The summed E-state index contributed by atoms with van der Waals surface area (Å²) in [4.78, 5) is 31.0. The van der Waals surface area contributed by atoms with Crippen LogP contribution >= 0.6 is 0 Å². The monoisotopic (exact) mass is 376 g/mol. The van der Waals surface area contributed by atoms with Gasteiger partial charge in [0.2, 0.25) is 0 Å². The number of hydrogen-bond acceptors (Lipinski definition) is 4. The largest absolute Gasteiger partial charge is 0.453 e. The van der Waals surface area contributed by atoms with Crippen molar-refractivity contribution in [1.29, 1.82) is 0 Å². The molecular weight excluding hydrogens is 351 g/mol. The second-order valence-corrected chi connectivity index (χ2v) is 7.42. The van der Waals surface area contributed by atoms with Gasteiger partial charge >= 0.3 is 11.8 Å². The normalized spacial score (nSPS) is 20.3. The highest BCUT2D eigenvalue weighted by atomic mass is 19.1. The van der Waals surface area contributed by atoms with Crippen LogP contribution in [0.4, 0.5) is 9.18 Å². The van der Waals surface area contributed by atoms with E-state index in [4.69, 9.17) is 4.74 Å². The molecule has 0 radical (unpaired) electrons. The molecule has 0 spiro atoms. The van der Waals surface area contributed by atoms with Crippen molar-refractivity contribution in [3.63, 3.8) is 0 Å². The molecule has 2 aromatic rings. The van der Waals surface area contributed by atoms with Gasteiger partial charge in [-0.05, 0) is 43.9 Å². The number of aromatic nitrogens is 2. The Bertz CT molecular complexity index is 877. The van der Waals surface area contributed by atoms with Crippen LogP contribution < -0.4 is 5.69 Å². The van der Waals surface area contributed by atoms with Crippen LogP contribution in [-0.2, 0) is 4.74 Å². The molecule has 2 fully saturated rings. The lowest BCUT2D eigenvalue weighted by Crippen LogP contribution is -2.49. The van der Waals surface area contributed by atoms with E-state index >= 15 is 0 Å². The van der Waals surface area contributed by atoms with Crippen LogP contribution in [0.2, 0.25) is 0 Å². The van der Waals surface area contributed by atoms with Gasteiger partial charge in [-0.3, -0.25) is 4.57 Å². The maximum absolute atomic E-state index is 13.4. The number of amides is 1. The van der Waals surface area contributed by atoms with E-state index < -0.39 is 0 Å². The number of methoxy groups -OCH3 is 1. The highest BCUT2D eigenvalue weighted by Gasteiger charge is 2.31. The maximum Gasteiger partial charge on any atom is 0.409 e. The number of hydrogen-bond donors (Lipinski definition) is 1. The van der Waals surface area contributed by atoms with E-state index in [2.05, 4.69) is 9.88 Å². The molecule has 1 aromatic heterocycles. The Balaban J connectivity index is 1.39. The van der Waals surface area contributed by atoms with Crippen molar-refractivity contribution in [2.45, 2.75) is 37.8 Å². The Kier molecular flexibility index (Phi) is 4.90. The lowest BCUT2D eigenvalue weighted by Gasteiger charge is -2.41. The van der Waals surface area contributed by atoms with E-state index in [0.29, 0.717) is 11.6 Å². The zero-order chi connectivity index (χ0) is 19.0. The molecule has 2 saturated heterocycles. The molecule has 3 heterocycles. The van der Waals surface area contributed by atoms with Crippen LogP contribution in [0.15, 0.2) is 23.0 Å². The fourth-order valence-corrected chi connectivity index (χ4v) is 4.52. The van der Waals surface area contributed by atoms with Gasteiger partial charge in [0, 0.05) is 38.3 Å². The molecule has 1 amide bonds. The summed E-state index contributed by atoms with van der Waals surface area (Å²) >= 11 is 0. The SMILES string of the molecule is COC(=O)N1CCC(N2CCC(n3c(=O)[nH]c4cc(F)ccc43)CC2)CC1. The molecule has 146 valence electrons. The van der Waals surface area contributed by atoms with Crippen molar-refractivity contribution >= 4 is 17.1 Å². The van der Waals surface area contributed by atoms with Crippen LogP contribution in [0.1, 0.15) is 31.7 Å². The standard InChI is InChI=1S/C19H25FN4O3/c1-27-19(26)23-10-4-14(5-11-23)22-8-6-15(7-9-22)24-17-3-2-13(20)12-16(17)21-18(24)25/h2-3,12,14-15H,4-11H2,1H3,(H,21,25). The molecule has 2 aliphatic heterocycles. The quantitative estimate of drug-likeness (QED) is 0.873. The fourth-order valence-electron chi connectivity index (χ4n) is 4.52. The van der Waals surface area contributed by atoms with Gasteiger partial charge in [0.05, 0.1) is 18.1 Å². The summed E-state index contributed by atoms with van der Waals surface area (Å²) in [6.07, 6.45) is 3.43. The molecular formula is C19H25FN4O3. The summed E-state index contributed by atoms with van der Waals surface area (Å²) in [6, 6.07) is 5.05. The minimum atomic E-state index is -0.344. The Labute approximate surface area is 156 Å². The van der Waals surface area contributed by atoms with Crippen LogP contribution in [0.5, 0.6) is 0 Å². The molecule has 7 nitrogen and oxygen atoms in total. The average molecular weight is 376 g/mol. The van der Waals surface area contributed by atoms with Gasteiger partial charge in [-0.2, -0.15) is 0 Å². The number of carbonyl (C=O) groups is 1. The van der Waals surface area contributed by atoms with Gasteiger partial charge in [-0.25, -0.2) is 14.0 Å². The number of nitrogens with one attached hydrogen (secondary N) is 1. The second kappa shape index (κ2) is 7.34. The zero-order valence-electron chi connectivity index (χ0n) is 15.5. The Morgan fingerprint density at radius 3 is 2.44 bits per heavy atom. The van der Waals surface area contributed by atoms with E-state index in [1.54, 1.807) is 15.5 Å². The van der Waals surface area contributed by atoms with Crippen molar-refractivity contribution in [1.82, 2.24) is 19.4 Å². The van der Waals surface area contributed by atoms with E-state index in [1.165, 1.54) is 19.2 Å². The third-order valence-electron chi connectivity index (χ3n) is 5.96. The fraction of sp³-hybridized carbons (Fsp3) is 0.579. The van der Waals surface area contributed by atoms with E-state index in [9.17, 15) is 14.0 Å². The number of likely N-dealkylation sites (tertiary alicyclic amines) is 2. The van der Waals surface area contributed by atoms with E-state index in [1.807, 2.05) is 0 Å². The van der Waals surface area contributed by atoms with Crippen LogP contribution in [0.3, 0.4) is 0 Å². The number of piperidine rings is 2. The average Bonchev–Trinajstić information content (AvgIpc) is 3.02. The highest BCUT2D eigenvalue weighted by molar-refractivity contribution is 5.75. The number of carbonyl (C=O) groups excluding carboxylic acids is 1. The van der Waals surface area contributed by atoms with Gasteiger partial charge in [0.15, 0.2) is 0 Å². The Morgan fingerprint density at radius 2 is 1.78 bits per heavy atom. The topological polar surface area (TPSA) is 70.6 Å². The molecule has 0 bridgehead atoms. The lowest BCUT2D eigenvalue weighted by molar-refractivity contribution is 0.0686. The van der Waals surface area contributed by atoms with Crippen LogP contribution in [0, 0.1) is 5.82 Å². The first-order valence-corrected chi connectivity index (χ1v) is 9.53. The smallest absolute Gasteiger partial charge is 0.409 e. The molecule has 0 atom stereocenters. The van der Waals surface area contributed by atoms with Gasteiger partial charge in [-0.15, -0.1) is 0 Å². The van der Waals surface area contributed by atoms with Crippen molar-refractivity contribution in [3.05, 3.63) is 34.5 Å². The maximum atomic E-state index is 13.4. The second-order valence-electron chi connectivity index (χ2n) is 7.42. The van der Waals surface area contributed by atoms with Gasteiger partial charge in [-0.1, -0.05) is 0 Å². The number of ether oxygens (including phenoxy) is 1. The van der Waals surface area contributed by atoms with E-state index in [0.717, 1.165) is 57.4 Å². The van der Waals surface area contributed by atoms with Crippen molar-refractivity contribution < 1.29 is 13.9 Å². The summed E-state index contributed by atoms with van der Waals surface area (Å²) in [7, 11) is 1.42. The number of aromatic amines is 1. The van der Waals surface area contributed by atoms with Gasteiger partial charge < -0.3 is 19.5 Å². The molecule has 4 rings (SSSR count). The minimum Gasteiger partial charge on any atom is -0.453 e. The summed E-state index contributed by atoms with van der Waals surface area (Å²) < 4.78 is 20.0. The van der Waals surface area contributed by atoms with Crippen LogP contribution in [-0.4, -0.2) is 64.8 Å². The number of halogens is 1. The highest BCUT2D eigenvalue weighted by Crippen LogP contribution is 2.28. The minimum absolute atomic E-state index is 0.128. The van der Waals surface area contributed by atoms with Crippen molar-refractivity contribution in [2.75, 3.05) is 33.3 Å². The molecule has 8 heteroatoms. The number of H-pyrrole nitrogens is 1. The summed E-state index contributed by atoms with van der Waals surface area (Å²) in [6.45, 7) is 3.30. The third kappa shape index (κ3) is 3.45. The molecule has 2 aliphatic rings. The summed E-state index contributed by atoms with van der Waals surface area (Å²) in [5.74, 6) is -0.344. The predicted molar refractivity (Wildman–Crippen MR) is 99.4 cm³/mol.